The molecule has 18 heavy (non-hydrogen) atoms. The molecular formula is C15H14BaO2. The molecule has 0 radical (unpaired) electrons. The van der Waals surface area contributed by atoms with Gasteiger partial charge in [0.2, 0.25) is 0 Å². The third-order valence-corrected chi connectivity index (χ3v) is 2.51. The first-order valence-electron chi connectivity index (χ1n) is 5.44. The molecule has 0 aliphatic carbocycles. The second-order valence-electron chi connectivity index (χ2n) is 3.76. The third kappa shape index (κ3) is 4.23. The molecule has 0 saturated carbocycles. The Balaban J connectivity index is 0.00000162. The molecule has 0 aromatic heterocycles. The van der Waals surface area contributed by atoms with E-state index in [0.29, 0.717) is 11.1 Å². The molecule has 0 fully saturated rings. The molecule has 2 rings (SSSR count). The van der Waals surface area contributed by atoms with E-state index >= 15 is 0 Å². The van der Waals surface area contributed by atoms with Crippen LogP contribution < -0.4 is 0 Å². The quantitative estimate of drug-likeness (QED) is 0.474. The van der Waals surface area contributed by atoms with Gasteiger partial charge >= 0.3 is 48.9 Å². The van der Waals surface area contributed by atoms with Crippen LogP contribution in [0.1, 0.15) is 27.1 Å². The van der Waals surface area contributed by atoms with Crippen molar-refractivity contribution in [2.45, 2.75) is 6.42 Å². The van der Waals surface area contributed by atoms with Gasteiger partial charge < -0.3 is 0 Å². The van der Waals surface area contributed by atoms with E-state index in [1.165, 1.54) is 0 Å². The molecule has 0 N–H and O–H groups in total. The molecule has 0 aliphatic heterocycles. The Morgan fingerprint density at radius 3 is 1.33 bits per heavy atom. The van der Waals surface area contributed by atoms with Crippen LogP contribution in [0.2, 0.25) is 0 Å². The van der Waals surface area contributed by atoms with Gasteiger partial charge in [-0.25, -0.2) is 0 Å². The van der Waals surface area contributed by atoms with Crippen molar-refractivity contribution in [1.29, 1.82) is 0 Å². The van der Waals surface area contributed by atoms with Crippen molar-refractivity contribution in [3.8, 4) is 0 Å². The molecule has 2 nitrogen and oxygen atoms in total. The summed E-state index contributed by atoms with van der Waals surface area (Å²) in [4.78, 5) is 23.6. The molecule has 0 unspecified atom stereocenters. The Hall–Kier alpha value is -0.649. The van der Waals surface area contributed by atoms with Gasteiger partial charge in [-0.05, 0) is 0 Å². The van der Waals surface area contributed by atoms with Gasteiger partial charge in [-0.3, -0.25) is 9.59 Å². The van der Waals surface area contributed by atoms with Crippen molar-refractivity contribution in [3.63, 3.8) is 0 Å². The van der Waals surface area contributed by atoms with Crippen molar-refractivity contribution in [3.05, 3.63) is 71.8 Å². The fourth-order valence-electron chi connectivity index (χ4n) is 1.60. The summed E-state index contributed by atoms with van der Waals surface area (Å²) < 4.78 is 0. The Kier molecular flexibility index (Phi) is 6.60. The first-order valence-corrected chi connectivity index (χ1v) is 5.44. The fourth-order valence-corrected chi connectivity index (χ4v) is 1.60. The van der Waals surface area contributed by atoms with Gasteiger partial charge in [0.1, 0.15) is 0 Å². The first-order chi connectivity index (χ1) is 8.27. The normalized spacial score (nSPS) is 9.33. The molecule has 3 heteroatoms. The van der Waals surface area contributed by atoms with Gasteiger partial charge in [-0.2, -0.15) is 0 Å². The SMILES string of the molecule is O=C(CC(=O)c1ccccc1)c1ccccc1.[BaH2]. The minimum atomic E-state index is -0.139. The number of rotatable bonds is 4. The predicted molar refractivity (Wildman–Crippen MR) is 74.7 cm³/mol. The molecule has 2 aromatic carbocycles. The molecule has 0 atom stereocenters. The van der Waals surface area contributed by atoms with Gasteiger partial charge in [-0.15, -0.1) is 0 Å². The Labute approximate surface area is 146 Å². The molecule has 88 valence electrons. The van der Waals surface area contributed by atoms with Crippen LogP contribution in [0, 0.1) is 0 Å². The van der Waals surface area contributed by atoms with E-state index in [2.05, 4.69) is 0 Å². The maximum absolute atomic E-state index is 11.8. The van der Waals surface area contributed by atoms with Gasteiger partial charge in [0, 0.05) is 11.1 Å². The van der Waals surface area contributed by atoms with Crippen LogP contribution in [-0.2, 0) is 0 Å². The molecule has 0 amide bonds. The molecule has 2 aromatic rings. The van der Waals surface area contributed by atoms with Gasteiger partial charge in [-0.1, -0.05) is 60.7 Å². The van der Waals surface area contributed by atoms with E-state index in [0.717, 1.165) is 0 Å². The zero-order valence-corrected chi connectivity index (χ0v) is 9.30. The van der Waals surface area contributed by atoms with Crippen molar-refractivity contribution in [2.24, 2.45) is 0 Å². The summed E-state index contributed by atoms with van der Waals surface area (Å²) in [6.07, 6.45) is -0.0754. The van der Waals surface area contributed by atoms with Crippen LogP contribution in [-0.4, -0.2) is 60.4 Å². The zero-order chi connectivity index (χ0) is 12.1. The Bertz CT molecular complexity index is 471. The fraction of sp³-hybridized carbons (Fsp3) is 0.0667. The van der Waals surface area contributed by atoms with Gasteiger partial charge in [0.15, 0.2) is 11.6 Å². The van der Waals surface area contributed by atoms with Crippen molar-refractivity contribution in [2.75, 3.05) is 0 Å². The maximum atomic E-state index is 11.8. The number of benzene rings is 2. The summed E-state index contributed by atoms with van der Waals surface area (Å²) in [6, 6.07) is 17.7. The monoisotopic (exact) mass is 364 g/mol. The van der Waals surface area contributed by atoms with E-state index in [9.17, 15) is 9.59 Å². The summed E-state index contributed by atoms with van der Waals surface area (Å²) in [5.41, 5.74) is 1.16. The van der Waals surface area contributed by atoms with Crippen LogP contribution in [0.15, 0.2) is 60.7 Å². The summed E-state index contributed by atoms with van der Waals surface area (Å²) in [5.74, 6) is -0.279. The average Bonchev–Trinajstić information content (AvgIpc) is 2.40. The molecule has 0 saturated heterocycles. The van der Waals surface area contributed by atoms with E-state index < -0.39 is 0 Å². The standard InChI is InChI=1S/C15H12O2.Ba.2H/c16-14(12-7-3-1-4-8-12)11-15(17)13-9-5-2-6-10-13;;;/h1-10H,11H2;;;. The van der Waals surface area contributed by atoms with E-state index in [1.54, 1.807) is 48.5 Å². The van der Waals surface area contributed by atoms with Crippen LogP contribution in [0.25, 0.3) is 0 Å². The molecule has 0 spiro atoms. The molecule has 0 bridgehead atoms. The van der Waals surface area contributed by atoms with Crippen molar-refractivity contribution >= 4 is 60.4 Å². The van der Waals surface area contributed by atoms with E-state index in [-0.39, 0.29) is 66.9 Å². The number of carbonyl (C=O) groups excluding carboxylic acids is 2. The predicted octanol–water partition coefficient (Wildman–Crippen LogP) is 2.23. The van der Waals surface area contributed by atoms with Gasteiger partial charge in [0.25, 0.3) is 0 Å². The second-order valence-corrected chi connectivity index (χ2v) is 3.76. The molecular weight excluding hydrogens is 349 g/mol. The van der Waals surface area contributed by atoms with Crippen LogP contribution >= 0.6 is 0 Å². The Morgan fingerprint density at radius 1 is 0.667 bits per heavy atom. The van der Waals surface area contributed by atoms with Gasteiger partial charge in [0.05, 0.1) is 6.42 Å². The summed E-state index contributed by atoms with van der Waals surface area (Å²) in [5, 5.41) is 0. The van der Waals surface area contributed by atoms with Crippen LogP contribution in [0.3, 0.4) is 0 Å². The number of carbonyl (C=O) groups is 2. The zero-order valence-electron chi connectivity index (χ0n) is 9.30. The topological polar surface area (TPSA) is 34.1 Å². The van der Waals surface area contributed by atoms with Crippen molar-refractivity contribution in [1.82, 2.24) is 0 Å². The number of ketones is 2. The average molecular weight is 364 g/mol. The Morgan fingerprint density at radius 2 is 1.00 bits per heavy atom. The summed E-state index contributed by atoms with van der Waals surface area (Å²) in [7, 11) is 0. The molecule has 0 aliphatic rings. The number of hydrogen-bond donors (Lipinski definition) is 0. The third-order valence-electron chi connectivity index (χ3n) is 2.51. The first kappa shape index (κ1) is 15.4. The van der Waals surface area contributed by atoms with Crippen LogP contribution in [0.5, 0.6) is 0 Å². The number of Topliss-reactive ketones (excluding diaryl/α,β-unsaturated/α-hetero) is 2. The van der Waals surface area contributed by atoms with E-state index in [1.807, 2.05) is 12.1 Å². The van der Waals surface area contributed by atoms with E-state index in [4.69, 9.17) is 0 Å². The van der Waals surface area contributed by atoms with Crippen molar-refractivity contribution < 1.29 is 9.59 Å². The second kappa shape index (κ2) is 7.71. The minimum absolute atomic E-state index is 0. The molecule has 0 heterocycles. The summed E-state index contributed by atoms with van der Waals surface area (Å²) in [6.45, 7) is 0. The number of hydrogen-bond acceptors (Lipinski definition) is 2. The van der Waals surface area contributed by atoms with Crippen LogP contribution in [0.4, 0.5) is 0 Å². The summed E-state index contributed by atoms with van der Waals surface area (Å²) >= 11 is 0.